The Hall–Kier alpha value is -3.36. The van der Waals surface area contributed by atoms with Gasteiger partial charge in [-0.3, -0.25) is 14.4 Å². The number of rotatable bonds is 5. The average molecular weight is 442 g/mol. The van der Waals surface area contributed by atoms with E-state index in [2.05, 4.69) is 20.6 Å². The number of halogens is 1. The highest BCUT2D eigenvalue weighted by atomic mass is 19.1. The number of anilines is 1. The Labute approximate surface area is 186 Å². The SMILES string of the molecule is CC(C)(C)CC(=O)Nc1nccnc1C(=O)NC1CCN(C(=O)c2ccc(F)cc2)CC1. The van der Waals surface area contributed by atoms with E-state index in [-0.39, 0.29) is 47.0 Å². The first-order valence-electron chi connectivity index (χ1n) is 10.6. The molecule has 1 aromatic carbocycles. The molecular weight excluding hydrogens is 413 g/mol. The van der Waals surface area contributed by atoms with Crippen LogP contribution in [0.3, 0.4) is 0 Å². The van der Waals surface area contributed by atoms with Crippen molar-refractivity contribution in [1.29, 1.82) is 0 Å². The topological polar surface area (TPSA) is 104 Å². The van der Waals surface area contributed by atoms with Crippen LogP contribution in [0.5, 0.6) is 0 Å². The van der Waals surface area contributed by atoms with Crippen LogP contribution >= 0.6 is 0 Å². The number of amides is 3. The number of nitrogens with zero attached hydrogens (tertiary/aromatic N) is 3. The number of carbonyl (C=O) groups excluding carboxylic acids is 3. The molecule has 0 aliphatic carbocycles. The van der Waals surface area contributed by atoms with E-state index in [1.165, 1.54) is 36.7 Å². The van der Waals surface area contributed by atoms with Gasteiger partial charge in [0.15, 0.2) is 11.5 Å². The average Bonchev–Trinajstić information content (AvgIpc) is 2.73. The highest BCUT2D eigenvalue weighted by molar-refractivity contribution is 6.01. The Bertz CT molecular complexity index is 980. The fraction of sp³-hybridized carbons (Fsp3) is 0.435. The minimum Gasteiger partial charge on any atom is -0.348 e. The van der Waals surface area contributed by atoms with Crippen LogP contribution < -0.4 is 10.6 Å². The molecule has 0 unspecified atom stereocenters. The molecular formula is C23H28FN5O3. The smallest absolute Gasteiger partial charge is 0.273 e. The predicted octanol–water partition coefficient (Wildman–Crippen LogP) is 3.03. The highest BCUT2D eigenvalue weighted by Gasteiger charge is 2.26. The van der Waals surface area contributed by atoms with Gasteiger partial charge >= 0.3 is 0 Å². The van der Waals surface area contributed by atoms with E-state index in [1.54, 1.807) is 4.90 Å². The second-order valence-electron chi connectivity index (χ2n) is 9.09. The van der Waals surface area contributed by atoms with E-state index in [4.69, 9.17) is 0 Å². The van der Waals surface area contributed by atoms with E-state index < -0.39 is 5.91 Å². The van der Waals surface area contributed by atoms with E-state index in [9.17, 15) is 18.8 Å². The number of likely N-dealkylation sites (tertiary alicyclic amines) is 1. The van der Waals surface area contributed by atoms with Crippen molar-refractivity contribution in [3.05, 3.63) is 53.7 Å². The van der Waals surface area contributed by atoms with E-state index in [0.717, 1.165) is 0 Å². The summed E-state index contributed by atoms with van der Waals surface area (Å²) in [6.07, 6.45) is 4.25. The molecule has 1 fully saturated rings. The largest absolute Gasteiger partial charge is 0.348 e. The van der Waals surface area contributed by atoms with Gasteiger partial charge in [-0.1, -0.05) is 20.8 Å². The molecule has 32 heavy (non-hydrogen) atoms. The summed E-state index contributed by atoms with van der Waals surface area (Å²) in [6.45, 7) is 6.78. The van der Waals surface area contributed by atoms with E-state index in [1.807, 2.05) is 20.8 Å². The number of benzene rings is 1. The molecule has 0 bridgehead atoms. The minimum atomic E-state index is -0.424. The molecule has 0 atom stereocenters. The molecule has 8 nitrogen and oxygen atoms in total. The molecule has 2 N–H and O–H groups in total. The van der Waals surface area contributed by atoms with Crippen LogP contribution in [0.1, 0.15) is 60.9 Å². The molecule has 1 aliphatic heterocycles. The molecule has 0 radical (unpaired) electrons. The van der Waals surface area contributed by atoms with Crippen LogP contribution in [0.2, 0.25) is 0 Å². The molecule has 1 saturated heterocycles. The monoisotopic (exact) mass is 441 g/mol. The Morgan fingerprint density at radius 3 is 2.31 bits per heavy atom. The van der Waals surface area contributed by atoms with Gasteiger partial charge in [0.25, 0.3) is 11.8 Å². The van der Waals surface area contributed by atoms with Gasteiger partial charge in [-0.15, -0.1) is 0 Å². The van der Waals surface area contributed by atoms with Gasteiger partial charge in [0.2, 0.25) is 5.91 Å². The molecule has 3 rings (SSSR count). The van der Waals surface area contributed by atoms with Gasteiger partial charge in [0, 0.05) is 43.5 Å². The summed E-state index contributed by atoms with van der Waals surface area (Å²) >= 11 is 0. The first kappa shape index (κ1) is 23.3. The van der Waals surface area contributed by atoms with Crippen molar-refractivity contribution in [2.45, 2.75) is 46.1 Å². The lowest BCUT2D eigenvalue weighted by Gasteiger charge is -2.32. The summed E-state index contributed by atoms with van der Waals surface area (Å²) in [7, 11) is 0. The summed E-state index contributed by atoms with van der Waals surface area (Å²) in [5.74, 6) is -1.08. The summed E-state index contributed by atoms with van der Waals surface area (Å²) < 4.78 is 13.1. The van der Waals surface area contributed by atoms with Crippen LogP contribution in [0, 0.1) is 11.2 Å². The predicted molar refractivity (Wildman–Crippen MR) is 118 cm³/mol. The van der Waals surface area contributed by atoms with E-state index >= 15 is 0 Å². The molecule has 9 heteroatoms. The maximum atomic E-state index is 13.1. The molecule has 2 heterocycles. The summed E-state index contributed by atoms with van der Waals surface area (Å²) in [4.78, 5) is 47.5. The summed E-state index contributed by atoms with van der Waals surface area (Å²) in [5.41, 5.74) is 0.289. The van der Waals surface area contributed by atoms with Crippen molar-refractivity contribution < 1.29 is 18.8 Å². The third-order valence-electron chi connectivity index (χ3n) is 5.07. The number of piperidine rings is 1. The number of aromatic nitrogens is 2. The second-order valence-corrected chi connectivity index (χ2v) is 9.09. The molecule has 1 aliphatic rings. The van der Waals surface area contributed by atoms with Crippen LogP contribution in [0.15, 0.2) is 36.7 Å². The van der Waals surface area contributed by atoms with E-state index in [0.29, 0.717) is 31.5 Å². The van der Waals surface area contributed by atoms with Crippen LogP contribution in [0.25, 0.3) is 0 Å². The Morgan fingerprint density at radius 2 is 1.69 bits per heavy atom. The standard InChI is InChI=1S/C23H28FN5O3/c1-23(2,3)14-18(30)28-20-19(25-10-11-26-20)21(31)27-17-8-12-29(13-9-17)22(32)15-4-6-16(24)7-5-15/h4-7,10-11,17H,8-9,12-14H2,1-3H3,(H,27,31)(H,26,28,30). The summed E-state index contributed by atoms with van der Waals surface area (Å²) in [5, 5.41) is 5.60. The molecule has 0 spiro atoms. The lowest BCUT2D eigenvalue weighted by atomic mass is 9.92. The highest BCUT2D eigenvalue weighted by Crippen LogP contribution is 2.20. The quantitative estimate of drug-likeness (QED) is 0.742. The van der Waals surface area contributed by atoms with Gasteiger partial charge in [0.05, 0.1) is 0 Å². The number of hydrogen-bond donors (Lipinski definition) is 2. The van der Waals surface area contributed by atoms with Gasteiger partial charge < -0.3 is 15.5 Å². The van der Waals surface area contributed by atoms with Crippen molar-refractivity contribution in [3.8, 4) is 0 Å². The van der Waals surface area contributed by atoms with Crippen molar-refractivity contribution >= 4 is 23.5 Å². The summed E-state index contributed by atoms with van der Waals surface area (Å²) in [6, 6.07) is 5.32. The maximum Gasteiger partial charge on any atom is 0.273 e. The second kappa shape index (κ2) is 9.84. The number of carbonyl (C=O) groups is 3. The zero-order chi connectivity index (χ0) is 23.3. The van der Waals surface area contributed by atoms with Gasteiger partial charge in [-0.25, -0.2) is 14.4 Å². The zero-order valence-corrected chi connectivity index (χ0v) is 18.5. The van der Waals surface area contributed by atoms with Crippen LogP contribution in [0.4, 0.5) is 10.2 Å². The molecule has 3 amide bonds. The minimum absolute atomic E-state index is 0.0552. The van der Waals surface area contributed by atoms with Gasteiger partial charge in [-0.2, -0.15) is 0 Å². The first-order chi connectivity index (χ1) is 15.1. The van der Waals surface area contributed by atoms with Crippen molar-refractivity contribution in [1.82, 2.24) is 20.2 Å². The fourth-order valence-electron chi connectivity index (χ4n) is 3.51. The van der Waals surface area contributed by atoms with Crippen molar-refractivity contribution in [2.24, 2.45) is 5.41 Å². The lowest BCUT2D eigenvalue weighted by Crippen LogP contribution is -2.46. The van der Waals surface area contributed by atoms with Gasteiger partial charge in [-0.05, 0) is 42.5 Å². The van der Waals surface area contributed by atoms with Crippen LogP contribution in [-0.4, -0.2) is 51.7 Å². The first-order valence-corrected chi connectivity index (χ1v) is 10.6. The molecule has 2 aromatic rings. The Morgan fingerprint density at radius 1 is 1.06 bits per heavy atom. The Balaban J connectivity index is 1.57. The fourth-order valence-corrected chi connectivity index (χ4v) is 3.51. The van der Waals surface area contributed by atoms with Crippen molar-refractivity contribution in [3.63, 3.8) is 0 Å². The molecule has 0 saturated carbocycles. The zero-order valence-electron chi connectivity index (χ0n) is 18.5. The number of nitrogens with one attached hydrogen (secondary N) is 2. The molecule has 170 valence electrons. The number of hydrogen-bond acceptors (Lipinski definition) is 5. The van der Waals surface area contributed by atoms with Gasteiger partial charge in [0.1, 0.15) is 5.82 Å². The van der Waals surface area contributed by atoms with Crippen molar-refractivity contribution in [2.75, 3.05) is 18.4 Å². The Kier molecular flexibility index (Phi) is 7.17. The molecule has 1 aromatic heterocycles. The normalized spacial score (nSPS) is 14.7. The third kappa shape index (κ3) is 6.32. The maximum absolute atomic E-state index is 13.1. The van der Waals surface area contributed by atoms with Crippen LogP contribution in [-0.2, 0) is 4.79 Å². The third-order valence-corrected chi connectivity index (χ3v) is 5.07. The lowest BCUT2D eigenvalue weighted by molar-refractivity contribution is -0.117.